The van der Waals surface area contributed by atoms with Crippen molar-refractivity contribution in [2.45, 2.75) is 13.3 Å². The van der Waals surface area contributed by atoms with Crippen LogP contribution in [0.4, 0.5) is 11.6 Å². The lowest BCUT2D eigenvalue weighted by Gasteiger charge is -2.36. The smallest absolute Gasteiger partial charge is 0.128 e. The Morgan fingerprint density at radius 2 is 1.60 bits per heavy atom. The van der Waals surface area contributed by atoms with Gasteiger partial charge in [-0.05, 0) is 30.2 Å². The van der Waals surface area contributed by atoms with E-state index >= 15 is 0 Å². The molecule has 0 saturated carbocycles. The van der Waals surface area contributed by atoms with Crippen molar-refractivity contribution in [1.29, 1.82) is 0 Å². The van der Waals surface area contributed by atoms with Crippen LogP contribution in [-0.4, -0.2) is 36.1 Å². The lowest BCUT2D eigenvalue weighted by Crippen LogP contribution is -2.47. The molecule has 0 atom stereocenters. The van der Waals surface area contributed by atoms with Crippen molar-refractivity contribution in [1.82, 2.24) is 9.97 Å². The number of rotatable bonds is 3. The number of hydrogen-bond acceptors (Lipinski definition) is 4. The van der Waals surface area contributed by atoms with Crippen LogP contribution < -0.4 is 9.80 Å². The minimum atomic E-state index is 0.994. The molecule has 1 aliphatic rings. The van der Waals surface area contributed by atoms with Crippen LogP contribution in [0.2, 0.25) is 0 Å². The fourth-order valence-corrected chi connectivity index (χ4v) is 2.52. The van der Waals surface area contributed by atoms with Crippen LogP contribution in [0.25, 0.3) is 0 Å². The van der Waals surface area contributed by atoms with Crippen LogP contribution in [0.15, 0.2) is 42.7 Å². The van der Waals surface area contributed by atoms with Crippen LogP contribution in [0.1, 0.15) is 12.5 Å². The van der Waals surface area contributed by atoms with Crippen LogP contribution in [-0.2, 0) is 6.42 Å². The van der Waals surface area contributed by atoms with E-state index in [1.807, 2.05) is 24.5 Å². The van der Waals surface area contributed by atoms with Crippen molar-refractivity contribution in [3.63, 3.8) is 0 Å². The first-order valence-electron chi connectivity index (χ1n) is 7.22. The van der Waals surface area contributed by atoms with Gasteiger partial charge in [-0.2, -0.15) is 0 Å². The molecular weight excluding hydrogens is 248 g/mol. The van der Waals surface area contributed by atoms with Gasteiger partial charge in [0.1, 0.15) is 11.6 Å². The summed E-state index contributed by atoms with van der Waals surface area (Å²) in [6.07, 6.45) is 4.88. The van der Waals surface area contributed by atoms with Gasteiger partial charge in [0, 0.05) is 38.6 Å². The first-order valence-corrected chi connectivity index (χ1v) is 7.22. The summed E-state index contributed by atoms with van der Waals surface area (Å²) in [5, 5.41) is 0. The van der Waals surface area contributed by atoms with Crippen molar-refractivity contribution < 1.29 is 0 Å². The SMILES string of the molecule is CCc1ccc(N2CCN(c3ccccn3)CC2)nc1. The van der Waals surface area contributed by atoms with E-state index in [1.165, 1.54) is 5.56 Å². The largest absolute Gasteiger partial charge is 0.353 e. The Morgan fingerprint density at radius 1 is 0.900 bits per heavy atom. The zero-order chi connectivity index (χ0) is 13.8. The molecule has 4 heteroatoms. The van der Waals surface area contributed by atoms with Gasteiger partial charge in [0.05, 0.1) is 0 Å². The number of piperazine rings is 1. The van der Waals surface area contributed by atoms with E-state index in [4.69, 9.17) is 0 Å². The van der Waals surface area contributed by atoms with E-state index in [9.17, 15) is 0 Å². The Kier molecular flexibility index (Phi) is 3.81. The van der Waals surface area contributed by atoms with Crippen molar-refractivity contribution in [3.8, 4) is 0 Å². The van der Waals surface area contributed by atoms with Crippen molar-refractivity contribution in [2.24, 2.45) is 0 Å². The minimum absolute atomic E-state index is 0.994. The summed E-state index contributed by atoms with van der Waals surface area (Å²) in [4.78, 5) is 13.7. The van der Waals surface area contributed by atoms with Gasteiger partial charge in [0.25, 0.3) is 0 Å². The van der Waals surface area contributed by atoms with Crippen LogP contribution in [0.3, 0.4) is 0 Å². The van der Waals surface area contributed by atoms with E-state index in [2.05, 4.69) is 44.9 Å². The summed E-state index contributed by atoms with van der Waals surface area (Å²) in [6.45, 7) is 6.13. The second kappa shape index (κ2) is 5.90. The van der Waals surface area contributed by atoms with Crippen LogP contribution >= 0.6 is 0 Å². The van der Waals surface area contributed by atoms with Crippen molar-refractivity contribution >= 4 is 11.6 Å². The molecule has 3 heterocycles. The molecule has 0 bridgehead atoms. The number of nitrogens with zero attached hydrogens (tertiary/aromatic N) is 4. The molecule has 0 aliphatic carbocycles. The predicted octanol–water partition coefficient (Wildman–Crippen LogP) is 2.37. The molecule has 0 radical (unpaired) electrons. The molecule has 0 aromatic carbocycles. The number of aryl methyl sites for hydroxylation is 1. The molecule has 0 unspecified atom stereocenters. The first kappa shape index (κ1) is 12.9. The van der Waals surface area contributed by atoms with Crippen molar-refractivity contribution in [2.75, 3.05) is 36.0 Å². The summed E-state index contributed by atoms with van der Waals surface area (Å²) < 4.78 is 0. The molecule has 3 rings (SSSR count). The fourth-order valence-electron chi connectivity index (χ4n) is 2.52. The van der Waals surface area contributed by atoms with Gasteiger partial charge in [-0.3, -0.25) is 0 Å². The molecular formula is C16H20N4. The minimum Gasteiger partial charge on any atom is -0.353 e. The van der Waals surface area contributed by atoms with Crippen LogP contribution in [0.5, 0.6) is 0 Å². The zero-order valence-corrected chi connectivity index (χ0v) is 11.9. The van der Waals surface area contributed by atoms with E-state index in [0.717, 1.165) is 44.2 Å². The molecule has 1 aliphatic heterocycles. The number of aromatic nitrogens is 2. The average molecular weight is 268 g/mol. The molecule has 104 valence electrons. The molecule has 0 spiro atoms. The van der Waals surface area contributed by atoms with E-state index in [-0.39, 0.29) is 0 Å². The zero-order valence-electron chi connectivity index (χ0n) is 11.9. The molecule has 1 fully saturated rings. The summed E-state index contributed by atoms with van der Waals surface area (Å²) in [6, 6.07) is 10.4. The van der Waals surface area contributed by atoms with E-state index in [0.29, 0.717) is 0 Å². The number of pyridine rings is 2. The Balaban J connectivity index is 1.63. The van der Waals surface area contributed by atoms with E-state index < -0.39 is 0 Å². The monoisotopic (exact) mass is 268 g/mol. The third-order valence-electron chi connectivity index (χ3n) is 3.79. The lowest BCUT2D eigenvalue weighted by atomic mass is 10.2. The highest BCUT2D eigenvalue weighted by atomic mass is 15.3. The maximum atomic E-state index is 4.56. The number of anilines is 2. The lowest BCUT2D eigenvalue weighted by molar-refractivity contribution is 0.641. The summed E-state index contributed by atoms with van der Waals surface area (Å²) >= 11 is 0. The van der Waals surface area contributed by atoms with Gasteiger partial charge >= 0.3 is 0 Å². The standard InChI is InChI=1S/C16H20N4/c1-2-14-6-7-16(18-13-14)20-11-9-19(10-12-20)15-5-3-4-8-17-15/h3-8,13H,2,9-12H2,1H3. The maximum absolute atomic E-state index is 4.56. The highest BCUT2D eigenvalue weighted by Gasteiger charge is 2.18. The molecule has 2 aromatic rings. The maximum Gasteiger partial charge on any atom is 0.128 e. The predicted molar refractivity (Wildman–Crippen MR) is 82.3 cm³/mol. The molecule has 1 saturated heterocycles. The summed E-state index contributed by atoms with van der Waals surface area (Å²) in [5.74, 6) is 2.16. The highest BCUT2D eigenvalue weighted by Crippen LogP contribution is 2.17. The molecule has 20 heavy (non-hydrogen) atoms. The average Bonchev–Trinajstić information content (AvgIpc) is 2.56. The third-order valence-corrected chi connectivity index (χ3v) is 3.79. The molecule has 2 aromatic heterocycles. The second-order valence-corrected chi connectivity index (χ2v) is 5.04. The first-order chi connectivity index (χ1) is 9.86. The number of hydrogen-bond donors (Lipinski definition) is 0. The topological polar surface area (TPSA) is 32.3 Å². The molecule has 0 N–H and O–H groups in total. The third kappa shape index (κ3) is 2.74. The Morgan fingerprint density at radius 3 is 2.10 bits per heavy atom. The van der Waals surface area contributed by atoms with Gasteiger partial charge in [-0.25, -0.2) is 9.97 Å². The molecule has 0 amide bonds. The fraction of sp³-hybridized carbons (Fsp3) is 0.375. The Hall–Kier alpha value is -2.10. The van der Waals surface area contributed by atoms with Crippen molar-refractivity contribution in [3.05, 3.63) is 48.3 Å². The van der Waals surface area contributed by atoms with Gasteiger partial charge in [-0.1, -0.05) is 19.1 Å². The summed E-state index contributed by atoms with van der Waals surface area (Å²) in [7, 11) is 0. The Bertz CT molecular complexity index is 530. The van der Waals surface area contributed by atoms with Gasteiger partial charge in [-0.15, -0.1) is 0 Å². The second-order valence-electron chi connectivity index (χ2n) is 5.04. The van der Waals surface area contributed by atoms with Crippen LogP contribution in [0, 0.1) is 0 Å². The Labute approximate surface area is 120 Å². The highest BCUT2D eigenvalue weighted by molar-refractivity contribution is 5.44. The normalized spacial score (nSPS) is 15.4. The summed E-state index contributed by atoms with van der Waals surface area (Å²) in [5.41, 5.74) is 1.29. The van der Waals surface area contributed by atoms with Gasteiger partial charge < -0.3 is 9.80 Å². The van der Waals surface area contributed by atoms with Gasteiger partial charge in [0.15, 0.2) is 0 Å². The van der Waals surface area contributed by atoms with Gasteiger partial charge in [0.2, 0.25) is 0 Å². The van der Waals surface area contributed by atoms with E-state index in [1.54, 1.807) is 0 Å². The quantitative estimate of drug-likeness (QED) is 0.855. The molecule has 4 nitrogen and oxygen atoms in total.